The average molecular weight is 243 g/mol. The molecule has 0 spiro atoms. The summed E-state index contributed by atoms with van der Waals surface area (Å²) in [6.07, 6.45) is 5.01. The van der Waals surface area contributed by atoms with E-state index in [1.807, 2.05) is 13.0 Å². The highest BCUT2D eigenvalue weighted by Crippen LogP contribution is 2.11. The van der Waals surface area contributed by atoms with Crippen molar-refractivity contribution in [1.82, 2.24) is 9.97 Å². The molecule has 2 heterocycles. The van der Waals surface area contributed by atoms with Crippen LogP contribution in [0.4, 0.5) is 5.69 Å². The van der Waals surface area contributed by atoms with Crippen LogP contribution in [-0.4, -0.2) is 21.0 Å². The Morgan fingerprint density at radius 1 is 1.39 bits per heavy atom. The minimum Gasteiger partial charge on any atom is -0.477 e. The zero-order chi connectivity index (χ0) is 13.0. The summed E-state index contributed by atoms with van der Waals surface area (Å²) in [6.45, 7) is 2.61. The Labute approximate surface area is 105 Å². The molecule has 5 heteroatoms. The van der Waals surface area contributed by atoms with Crippen LogP contribution >= 0.6 is 0 Å². The maximum atomic E-state index is 10.8. The van der Waals surface area contributed by atoms with Crippen LogP contribution in [0, 0.1) is 6.92 Å². The van der Waals surface area contributed by atoms with Crippen molar-refractivity contribution in [2.75, 3.05) is 5.32 Å². The average Bonchev–Trinajstić information content (AvgIpc) is 2.38. The van der Waals surface area contributed by atoms with Crippen molar-refractivity contribution in [3.63, 3.8) is 0 Å². The van der Waals surface area contributed by atoms with Crippen molar-refractivity contribution in [2.45, 2.75) is 13.5 Å². The molecule has 0 aliphatic heterocycles. The maximum Gasteiger partial charge on any atom is 0.354 e. The van der Waals surface area contributed by atoms with E-state index < -0.39 is 5.97 Å². The Balaban J connectivity index is 2.09. The number of anilines is 1. The van der Waals surface area contributed by atoms with E-state index in [9.17, 15) is 4.79 Å². The zero-order valence-corrected chi connectivity index (χ0v) is 9.92. The number of carboxylic acids is 1. The van der Waals surface area contributed by atoms with Gasteiger partial charge in [-0.05, 0) is 36.2 Å². The molecular weight excluding hydrogens is 230 g/mol. The molecule has 18 heavy (non-hydrogen) atoms. The van der Waals surface area contributed by atoms with Gasteiger partial charge in [0.25, 0.3) is 0 Å². The highest BCUT2D eigenvalue weighted by Gasteiger charge is 2.05. The fourth-order valence-electron chi connectivity index (χ4n) is 1.56. The summed E-state index contributed by atoms with van der Waals surface area (Å²) in [4.78, 5) is 18.6. The topological polar surface area (TPSA) is 75.1 Å². The Morgan fingerprint density at radius 2 is 2.22 bits per heavy atom. The van der Waals surface area contributed by atoms with Crippen LogP contribution < -0.4 is 5.32 Å². The number of hydrogen-bond acceptors (Lipinski definition) is 4. The number of hydrogen-bond donors (Lipinski definition) is 2. The van der Waals surface area contributed by atoms with Gasteiger partial charge >= 0.3 is 5.97 Å². The lowest BCUT2D eigenvalue weighted by Gasteiger charge is -2.08. The fraction of sp³-hybridized carbons (Fsp3) is 0.154. The predicted molar refractivity (Wildman–Crippen MR) is 67.5 cm³/mol. The molecule has 0 unspecified atom stereocenters. The number of nitrogens with one attached hydrogen (secondary N) is 1. The summed E-state index contributed by atoms with van der Waals surface area (Å²) in [5.74, 6) is -1.03. The molecule has 0 saturated carbocycles. The molecular formula is C13H13N3O2. The third kappa shape index (κ3) is 2.82. The third-order valence-corrected chi connectivity index (χ3v) is 2.60. The van der Waals surface area contributed by atoms with E-state index in [0.29, 0.717) is 6.54 Å². The van der Waals surface area contributed by atoms with E-state index in [1.54, 1.807) is 18.5 Å². The van der Waals surface area contributed by atoms with Gasteiger partial charge in [-0.15, -0.1) is 0 Å². The number of pyridine rings is 2. The van der Waals surface area contributed by atoms with E-state index in [0.717, 1.165) is 16.8 Å². The molecule has 2 rings (SSSR count). The largest absolute Gasteiger partial charge is 0.477 e. The standard InChI is InChI=1S/C13H13N3O2/c1-9-7-14-4-2-10(9)8-16-11-3-5-15-12(6-11)13(17)18/h2-7H,8H2,1H3,(H,15,16)(H,17,18). The summed E-state index contributed by atoms with van der Waals surface area (Å²) < 4.78 is 0. The van der Waals surface area contributed by atoms with Gasteiger partial charge in [0.2, 0.25) is 0 Å². The molecule has 0 amide bonds. The number of carboxylic acid groups (broad SMARTS) is 1. The van der Waals surface area contributed by atoms with E-state index in [1.165, 1.54) is 12.3 Å². The van der Waals surface area contributed by atoms with Crippen molar-refractivity contribution in [3.8, 4) is 0 Å². The molecule has 0 aromatic carbocycles. The summed E-state index contributed by atoms with van der Waals surface area (Å²) >= 11 is 0. The normalized spacial score (nSPS) is 10.1. The minimum absolute atomic E-state index is 0.0338. The van der Waals surface area contributed by atoms with E-state index in [-0.39, 0.29) is 5.69 Å². The molecule has 92 valence electrons. The zero-order valence-electron chi connectivity index (χ0n) is 9.92. The molecule has 0 aliphatic carbocycles. The van der Waals surface area contributed by atoms with Gasteiger partial charge in [-0.1, -0.05) is 0 Å². The number of aryl methyl sites for hydroxylation is 1. The minimum atomic E-state index is -1.03. The smallest absolute Gasteiger partial charge is 0.354 e. The van der Waals surface area contributed by atoms with Crippen LogP contribution in [0.2, 0.25) is 0 Å². The van der Waals surface area contributed by atoms with Crippen molar-refractivity contribution < 1.29 is 9.90 Å². The van der Waals surface area contributed by atoms with Crippen LogP contribution in [0.1, 0.15) is 21.6 Å². The molecule has 2 N–H and O–H groups in total. The summed E-state index contributed by atoms with van der Waals surface area (Å²) in [7, 11) is 0. The van der Waals surface area contributed by atoms with Gasteiger partial charge in [0.15, 0.2) is 0 Å². The predicted octanol–water partition coefficient (Wildman–Crippen LogP) is 2.10. The molecule has 2 aromatic rings. The Morgan fingerprint density at radius 3 is 2.94 bits per heavy atom. The summed E-state index contributed by atoms with van der Waals surface area (Å²) in [5, 5.41) is 12.0. The Bertz CT molecular complexity index is 570. The van der Waals surface area contributed by atoms with Gasteiger partial charge in [-0.3, -0.25) is 4.98 Å². The molecule has 0 fully saturated rings. The van der Waals surface area contributed by atoms with Crippen LogP contribution in [0.25, 0.3) is 0 Å². The second-order valence-electron chi connectivity index (χ2n) is 3.89. The van der Waals surface area contributed by atoms with Crippen LogP contribution in [0.15, 0.2) is 36.8 Å². The van der Waals surface area contributed by atoms with Gasteiger partial charge in [-0.25, -0.2) is 9.78 Å². The quantitative estimate of drug-likeness (QED) is 0.860. The molecule has 0 saturated heterocycles. The van der Waals surface area contributed by atoms with Crippen molar-refractivity contribution in [1.29, 1.82) is 0 Å². The molecule has 0 aliphatic rings. The molecule has 2 aromatic heterocycles. The van der Waals surface area contributed by atoms with Gasteiger partial charge < -0.3 is 10.4 Å². The van der Waals surface area contributed by atoms with Gasteiger partial charge in [0.05, 0.1) is 0 Å². The number of aromatic carboxylic acids is 1. The highest BCUT2D eigenvalue weighted by molar-refractivity contribution is 5.86. The number of aromatic nitrogens is 2. The van der Waals surface area contributed by atoms with Gasteiger partial charge in [0.1, 0.15) is 5.69 Å². The lowest BCUT2D eigenvalue weighted by Crippen LogP contribution is -2.04. The third-order valence-electron chi connectivity index (χ3n) is 2.60. The maximum absolute atomic E-state index is 10.8. The van der Waals surface area contributed by atoms with E-state index in [4.69, 9.17) is 5.11 Å². The van der Waals surface area contributed by atoms with Crippen molar-refractivity contribution in [3.05, 3.63) is 53.6 Å². The SMILES string of the molecule is Cc1cnccc1CNc1ccnc(C(=O)O)c1. The van der Waals surface area contributed by atoms with E-state index >= 15 is 0 Å². The highest BCUT2D eigenvalue weighted by atomic mass is 16.4. The Kier molecular flexibility index (Phi) is 3.52. The lowest BCUT2D eigenvalue weighted by atomic mass is 10.1. The molecule has 0 atom stereocenters. The van der Waals surface area contributed by atoms with Crippen molar-refractivity contribution in [2.24, 2.45) is 0 Å². The first-order chi connectivity index (χ1) is 8.66. The second kappa shape index (κ2) is 5.27. The van der Waals surface area contributed by atoms with Crippen LogP contribution in [-0.2, 0) is 6.54 Å². The van der Waals surface area contributed by atoms with Crippen molar-refractivity contribution >= 4 is 11.7 Å². The first-order valence-corrected chi connectivity index (χ1v) is 5.49. The number of carbonyl (C=O) groups is 1. The molecule has 0 bridgehead atoms. The van der Waals surface area contributed by atoms with Crippen LogP contribution in [0.3, 0.4) is 0 Å². The van der Waals surface area contributed by atoms with E-state index in [2.05, 4.69) is 15.3 Å². The monoisotopic (exact) mass is 243 g/mol. The molecule has 5 nitrogen and oxygen atoms in total. The number of rotatable bonds is 4. The lowest BCUT2D eigenvalue weighted by molar-refractivity contribution is 0.0690. The fourth-order valence-corrected chi connectivity index (χ4v) is 1.56. The van der Waals surface area contributed by atoms with Gasteiger partial charge in [0, 0.05) is 30.8 Å². The van der Waals surface area contributed by atoms with Crippen LogP contribution in [0.5, 0.6) is 0 Å². The second-order valence-corrected chi connectivity index (χ2v) is 3.89. The first kappa shape index (κ1) is 12.0. The first-order valence-electron chi connectivity index (χ1n) is 5.49. The molecule has 0 radical (unpaired) electrons. The van der Waals surface area contributed by atoms with Gasteiger partial charge in [-0.2, -0.15) is 0 Å². The summed E-state index contributed by atoms with van der Waals surface area (Å²) in [6, 6.07) is 5.18. The summed E-state index contributed by atoms with van der Waals surface area (Å²) in [5.41, 5.74) is 2.99. The Hall–Kier alpha value is -2.43. The number of nitrogens with zero attached hydrogens (tertiary/aromatic N) is 2.